The van der Waals surface area contributed by atoms with E-state index < -0.39 is 5.60 Å². The summed E-state index contributed by atoms with van der Waals surface area (Å²) in [5.74, 6) is 5.24. The Labute approximate surface area is 185 Å². The lowest BCUT2D eigenvalue weighted by Gasteiger charge is -2.58. The molecule has 0 bridgehead atoms. The van der Waals surface area contributed by atoms with E-state index in [4.69, 9.17) is 4.74 Å². The summed E-state index contributed by atoms with van der Waals surface area (Å²) < 4.78 is 5.34. The van der Waals surface area contributed by atoms with Gasteiger partial charge < -0.3 is 9.84 Å². The highest BCUT2D eigenvalue weighted by Gasteiger charge is 2.60. The molecule has 1 N–H and O–H groups in total. The molecule has 0 radical (unpaired) electrons. The quantitative estimate of drug-likeness (QED) is 0.514. The number of hydrogen-bond acceptors (Lipinski definition) is 3. The van der Waals surface area contributed by atoms with Crippen molar-refractivity contribution in [3.05, 3.63) is 0 Å². The van der Waals surface area contributed by atoms with Crippen LogP contribution < -0.4 is 0 Å². The van der Waals surface area contributed by atoms with E-state index in [-0.39, 0.29) is 11.3 Å². The van der Waals surface area contributed by atoms with E-state index in [9.17, 15) is 9.90 Å². The summed E-state index contributed by atoms with van der Waals surface area (Å²) in [5, 5.41) is 11.5. The summed E-state index contributed by atoms with van der Waals surface area (Å²) in [7, 11) is 1.71. The van der Waals surface area contributed by atoms with Crippen molar-refractivity contribution >= 4 is 21.7 Å². The summed E-state index contributed by atoms with van der Waals surface area (Å²) >= 11 is 3.49. The third-order valence-electron chi connectivity index (χ3n) is 9.54. The maximum absolute atomic E-state index is 12.9. The van der Waals surface area contributed by atoms with Gasteiger partial charge in [-0.15, -0.1) is 0 Å². The molecular weight excluding hydrogens is 428 g/mol. The Bertz CT molecular complexity index is 607. The Morgan fingerprint density at radius 3 is 2.52 bits per heavy atom. The summed E-state index contributed by atoms with van der Waals surface area (Å²) in [4.78, 5) is 12.9. The molecular formula is C25H41BrO3. The Hall–Kier alpha value is 0.0700. The fourth-order valence-corrected chi connectivity index (χ4v) is 9.29. The van der Waals surface area contributed by atoms with Crippen LogP contribution in [0.15, 0.2) is 0 Å². The van der Waals surface area contributed by atoms with Crippen LogP contribution in [0, 0.1) is 46.8 Å². The van der Waals surface area contributed by atoms with Gasteiger partial charge in [0.2, 0.25) is 0 Å². The molecule has 0 aromatic carbocycles. The van der Waals surface area contributed by atoms with E-state index in [1.54, 1.807) is 7.11 Å². The number of rotatable bonds is 6. The van der Waals surface area contributed by atoms with Gasteiger partial charge in [0.05, 0.1) is 17.5 Å². The molecule has 0 aromatic rings. The normalized spacial score (nSPS) is 46.8. The molecule has 0 spiro atoms. The van der Waals surface area contributed by atoms with Crippen LogP contribution in [-0.4, -0.2) is 35.5 Å². The fraction of sp³-hybridized carbons (Fsp3) is 0.960. The topological polar surface area (TPSA) is 46.5 Å². The van der Waals surface area contributed by atoms with Crippen LogP contribution >= 0.6 is 15.9 Å². The molecule has 4 aliphatic rings. The van der Waals surface area contributed by atoms with E-state index in [1.165, 1.54) is 44.9 Å². The average Bonchev–Trinajstić information content (AvgIpc) is 3.05. The Balaban J connectivity index is 1.55. The molecule has 0 heterocycles. The second-order valence-electron chi connectivity index (χ2n) is 11.4. The van der Waals surface area contributed by atoms with Crippen molar-refractivity contribution < 1.29 is 14.6 Å². The number of halogens is 1. The molecule has 8 atom stereocenters. The van der Waals surface area contributed by atoms with Crippen molar-refractivity contribution in [2.75, 3.05) is 19.0 Å². The molecule has 0 aliphatic heterocycles. The molecule has 4 fully saturated rings. The zero-order valence-corrected chi connectivity index (χ0v) is 20.3. The molecule has 0 aromatic heterocycles. The number of ketones is 1. The molecule has 3 nitrogen and oxygen atoms in total. The number of Topliss-reactive ketones (excluding diaryl/α,β-unsaturated/α-hetero) is 1. The van der Waals surface area contributed by atoms with Crippen LogP contribution in [0.4, 0.5) is 0 Å². The minimum absolute atomic E-state index is 0.262. The lowest BCUT2D eigenvalue weighted by atomic mass is 9.47. The first-order chi connectivity index (χ1) is 13.8. The van der Waals surface area contributed by atoms with Gasteiger partial charge in [-0.2, -0.15) is 0 Å². The van der Waals surface area contributed by atoms with Gasteiger partial charge in [0.1, 0.15) is 5.78 Å². The number of methoxy groups -OCH3 is 1. The van der Waals surface area contributed by atoms with Gasteiger partial charge in [-0.3, -0.25) is 4.79 Å². The van der Waals surface area contributed by atoms with Crippen molar-refractivity contribution in [2.45, 2.75) is 83.7 Å². The first-order valence-electron chi connectivity index (χ1n) is 12.1. The van der Waals surface area contributed by atoms with Crippen LogP contribution in [0.5, 0.6) is 0 Å². The van der Waals surface area contributed by atoms with Crippen molar-refractivity contribution in [1.82, 2.24) is 0 Å². The molecule has 29 heavy (non-hydrogen) atoms. The Morgan fingerprint density at radius 2 is 1.83 bits per heavy atom. The van der Waals surface area contributed by atoms with Crippen molar-refractivity contribution in [1.29, 1.82) is 0 Å². The number of aliphatic hydroxyl groups is 1. The smallest absolute Gasteiger partial charge is 0.147 e. The highest BCUT2D eigenvalue weighted by molar-refractivity contribution is 9.09. The second-order valence-corrected chi connectivity index (χ2v) is 12.0. The number of fused-ring (bicyclic) bond motifs is 5. The molecule has 4 heteroatoms. The van der Waals surface area contributed by atoms with Gasteiger partial charge in [-0.25, -0.2) is 0 Å². The standard InChI is InChI=1S/C25H41BrO3/c1-16(2)12-25-11-9-19-18-8-10-24(28,15-29-3)13-17(18)4-5-20(19)21(25)6-7-22(25)23(27)14-26/h16-22,28H,4-15H2,1-3H3/t17-,18+,19-,20-,21+,22-,24-,25-/m1/s1. The molecule has 4 aliphatic carbocycles. The number of hydrogen-bond donors (Lipinski definition) is 1. The van der Waals surface area contributed by atoms with Crippen LogP contribution in [0.3, 0.4) is 0 Å². The summed E-state index contributed by atoms with van der Waals surface area (Å²) in [5.41, 5.74) is -0.335. The van der Waals surface area contributed by atoms with E-state index in [1.807, 2.05) is 0 Å². The highest BCUT2D eigenvalue weighted by atomic mass is 79.9. The van der Waals surface area contributed by atoms with Crippen molar-refractivity contribution in [2.24, 2.45) is 46.8 Å². The number of alkyl halides is 1. The average molecular weight is 470 g/mol. The lowest BCUT2D eigenvalue weighted by molar-refractivity contribution is -0.138. The molecule has 166 valence electrons. The monoisotopic (exact) mass is 468 g/mol. The van der Waals surface area contributed by atoms with Crippen LogP contribution in [0.1, 0.15) is 78.1 Å². The molecule has 0 saturated heterocycles. The lowest BCUT2D eigenvalue weighted by Crippen LogP contribution is -2.53. The zero-order chi connectivity index (χ0) is 20.8. The molecule has 4 rings (SSSR count). The van der Waals surface area contributed by atoms with E-state index in [2.05, 4.69) is 29.8 Å². The predicted molar refractivity (Wildman–Crippen MR) is 120 cm³/mol. The van der Waals surface area contributed by atoms with Crippen molar-refractivity contribution in [3.8, 4) is 0 Å². The third kappa shape index (κ3) is 3.89. The number of carbonyl (C=O) groups is 1. The fourth-order valence-electron chi connectivity index (χ4n) is 8.90. The van der Waals surface area contributed by atoms with Gasteiger partial charge in [0, 0.05) is 13.0 Å². The Kier molecular flexibility index (Phi) is 6.56. The Morgan fingerprint density at radius 1 is 1.07 bits per heavy atom. The maximum Gasteiger partial charge on any atom is 0.147 e. The predicted octanol–water partition coefficient (Wildman–Crippen LogP) is 5.62. The minimum atomic E-state index is -0.598. The molecule has 0 amide bonds. The molecule has 4 saturated carbocycles. The number of carbonyl (C=O) groups excluding carboxylic acids is 1. The number of ether oxygens (including phenoxy) is 1. The first kappa shape index (κ1) is 22.3. The van der Waals surface area contributed by atoms with Gasteiger partial charge in [0.25, 0.3) is 0 Å². The van der Waals surface area contributed by atoms with Gasteiger partial charge in [-0.05, 0) is 105 Å². The van der Waals surface area contributed by atoms with Crippen molar-refractivity contribution in [3.63, 3.8) is 0 Å². The largest absolute Gasteiger partial charge is 0.387 e. The summed E-state index contributed by atoms with van der Waals surface area (Å²) in [6.45, 7) is 5.18. The molecule has 0 unspecified atom stereocenters. The maximum atomic E-state index is 12.9. The van der Waals surface area contributed by atoms with E-state index in [0.717, 1.165) is 42.9 Å². The van der Waals surface area contributed by atoms with Gasteiger partial charge >= 0.3 is 0 Å². The third-order valence-corrected chi connectivity index (χ3v) is 10.1. The van der Waals surface area contributed by atoms with Crippen LogP contribution in [-0.2, 0) is 9.53 Å². The van der Waals surface area contributed by atoms with E-state index >= 15 is 0 Å². The summed E-state index contributed by atoms with van der Waals surface area (Å²) in [6, 6.07) is 0. The first-order valence-corrected chi connectivity index (χ1v) is 13.3. The van der Waals surface area contributed by atoms with Gasteiger partial charge in [0.15, 0.2) is 0 Å². The van der Waals surface area contributed by atoms with Gasteiger partial charge in [-0.1, -0.05) is 29.8 Å². The van der Waals surface area contributed by atoms with E-state index in [0.29, 0.717) is 29.6 Å². The van der Waals surface area contributed by atoms with Crippen LogP contribution in [0.25, 0.3) is 0 Å². The minimum Gasteiger partial charge on any atom is -0.387 e. The highest BCUT2D eigenvalue weighted by Crippen LogP contribution is 2.66. The van der Waals surface area contributed by atoms with Crippen LogP contribution in [0.2, 0.25) is 0 Å². The zero-order valence-electron chi connectivity index (χ0n) is 18.7. The second kappa shape index (κ2) is 8.54. The SMILES string of the molecule is COC[C@@]1(O)CC[C@H]2[C@H](CC[C@@H]3[C@@H]2CC[C@]2(CC(C)C)[C@@H](C(=O)CBr)CC[C@@H]32)C1. The summed E-state index contributed by atoms with van der Waals surface area (Å²) in [6.07, 6.45) is 11.8.